The molecule has 1 aliphatic carbocycles. The van der Waals surface area contributed by atoms with Crippen molar-refractivity contribution in [3.63, 3.8) is 0 Å². The van der Waals surface area contributed by atoms with Gasteiger partial charge in [-0.1, -0.05) is 6.07 Å². The first-order valence-electron chi connectivity index (χ1n) is 6.98. The van der Waals surface area contributed by atoms with E-state index in [0.29, 0.717) is 0 Å². The molecule has 0 aliphatic heterocycles. The number of esters is 1. The predicted molar refractivity (Wildman–Crippen MR) is 73.0 cm³/mol. The van der Waals surface area contributed by atoms with Crippen molar-refractivity contribution in [3.05, 3.63) is 29.8 Å². The van der Waals surface area contributed by atoms with Crippen molar-refractivity contribution in [1.29, 1.82) is 0 Å². The Morgan fingerprint density at radius 1 is 1.38 bits per heavy atom. The Balaban J connectivity index is 2.09. The number of hydrogen-bond acceptors (Lipinski definition) is 4. The number of hydrogen-bond donors (Lipinski definition) is 1. The Hall–Kier alpha value is -1.69. The molecule has 0 bridgehead atoms. The Morgan fingerprint density at radius 2 is 2.00 bits per heavy atom. The quantitative estimate of drug-likeness (QED) is 0.786. The summed E-state index contributed by atoms with van der Waals surface area (Å²) in [5.74, 6) is -2.57. The van der Waals surface area contributed by atoms with E-state index in [1.807, 2.05) is 0 Å². The zero-order valence-electron chi connectivity index (χ0n) is 12.1. The van der Waals surface area contributed by atoms with Gasteiger partial charge in [-0.05, 0) is 38.8 Å². The summed E-state index contributed by atoms with van der Waals surface area (Å²) in [6.07, 6.45) is 1.92. The van der Waals surface area contributed by atoms with Crippen LogP contribution in [0.15, 0.2) is 18.2 Å². The second-order valence-corrected chi connectivity index (χ2v) is 5.31. The molecule has 1 atom stereocenters. The Labute approximate surface area is 122 Å². The lowest BCUT2D eigenvalue weighted by atomic mass is 10.0. The molecule has 0 spiro atoms. The molecule has 0 saturated heterocycles. The second kappa shape index (κ2) is 6.39. The zero-order valence-corrected chi connectivity index (χ0v) is 12.1. The van der Waals surface area contributed by atoms with E-state index in [0.717, 1.165) is 25.0 Å². The van der Waals surface area contributed by atoms with Crippen molar-refractivity contribution in [2.75, 3.05) is 13.2 Å². The molecular formula is C15H19F2NO3. The van der Waals surface area contributed by atoms with Crippen molar-refractivity contribution >= 4 is 5.97 Å². The highest BCUT2D eigenvalue weighted by molar-refractivity contribution is 5.80. The standard InChI is InChI=1S/C15H19F2NO3/c1-3-20-14(19)15(2,18-10-7-8-10)9-21-13-11(16)5-4-6-12(13)17/h4-6,10,18H,3,7-9H2,1-2H3. The largest absolute Gasteiger partial charge is 0.485 e. The van der Waals surface area contributed by atoms with Gasteiger partial charge in [0, 0.05) is 6.04 Å². The summed E-state index contributed by atoms with van der Waals surface area (Å²) in [7, 11) is 0. The Kier molecular flexibility index (Phi) is 4.77. The molecule has 0 aromatic heterocycles. The number of benzene rings is 1. The van der Waals surface area contributed by atoms with Crippen LogP contribution in [0.1, 0.15) is 26.7 Å². The van der Waals surface area contributed by atoms with Crippen LogP contribution in [0.25, 0.3) is 0 Å². The van der Waals surface area contributed by atoms with Crippen LogP contribution in [-0.2, 0) is 9.53 Å². The topological polar surface area (TPSA) is 47.6 Å². The number of halogens is 2. The summed E-state index contributed by atoms with van der Waals surface area (Å²) in [5.41, 5.74) is -1.13. The third-order valence-corrected chi connectivity index (χ3v) is 3.25. The van der Waals surface area contributed by atoms with Crippen molar-refractivity contribution in [1.82, 2.24) is 5.32 Å². The molecule has 1 unspecified atom stereocenters. The number of rotatable bonds is 7. The molecule has 1 saturated carbocycles. The molecule has 1 fully saturated rings. The fraction of sp³-hybridized carbons (Fsp3) is 0.533. The average Bonchev–Trinajstić information content (AvgIpc) is 3.22. The summed E-state index contributed by atoms with van der Waals surface area (Å²) in [4.78, 5) is 12.1. The van der Waals surface area contributed by atoms with Gasteiger partial charge in [0.2, 0.25) is 0 Å². The highest BCUT2D eigenvalue weighted by atomic mass is 19.1. The minimum Gasteiger partial charge on any atom is -0.485 e. The lowest BCUT2D eigenvalue weighted by Gasteiger charge is -2.28. The van der Waals surface area contributed by atoms with Gasteiger partial charge in [-0.3, -0.25) is 5.32 Å². The molecule has 0 radical (unpaired) electrons. The van der Waals surface area contributed by atoms with Gasteiger partial charge in [0.15, 0.2) is 17.4 Å². The molecule has 0 amide bonds. The van der Waals surface area contributed by atoms with E-state index < -0.39 is 28.9 Å². The predicted octanol–water partition coefficient (Wildman–Crippen LogP) is 2.42. The van der Waals surface area contributed by atoms with Gasteiger partial charge in [-0.25, -0.2) is 13.6 Å². The third-order valence-electron chi connectivity index (χ3n) is 3.25. The molecule has 0 heterocycles. The highest BCUT2D eigenvalue weighted by Crippen LogP contribution is 2.26. The molecule has 1 aromatic rings. The monoisotopic (exact) mass is 299 g/mol. The summed E-state index contributed by atoms with van der Waals surface area (Å²) in [6.45, 7) is 3.34. The first-order valence-corrected chi connectivity index (χ1v) is 6.98. The Morgan fingerprint density at radius 3 is 2.52 bits per heavy atom. The normalized spacial score (nSPS) is 17.1. The van der Waals surface area contributed by atoms with Crippen LogP contribution in [0.5, 0.6) is 5.75 Å². The van der Waals surface area contributed by atoms with E-state index in [4.69, 9.17) is 9.47 Å². The average molecular weight is 299 g/mol. The van der Waals surface area contributed by atoms with Crippen molar-refractivity contribution in [2.45, 2.75) is 38.3 Å². The first kappa shape index (κ1) is 15.7. The lowest BCUT2D eigenvalue weighted by Crippen LogP contribution is -2.55. The van der Waals surface area contributed by atoms with Crippen LogP contribution in [-0.4, -0.2) is 30.8 Å². The third kappa shape index (κ3) is 3.91. The summed E-state index contributed by atoms with van der Waals surface area (Å²) < 4.78 is 37.3. The maximum absolute atomic E-state index is 13.5. The van der Waals surface area contributed by atoms with E-state index in [-0.39, 0.29) is 19.3 Å². The number of ether oxygens (including phenoxy) is 2. The SMILES string of the molecule is CCOC(=O)C(C)(COc1c(F)cccc1F)NC1CC1. The maximum Gasteiger partial charge on any atom is 0.329 e. The molecule has 1 aliphatic rings. The molecule has 6 heteroatoms. The number of para-hydroxylation sites is 1. The maximum atomic E-state index is 13.5. The summed E-state index contributed by atoms with van der Waals surface area (Å²) in [5, 5.41) is 3.12. The molecule has 4 nitrogen and oxygen atoms in total. The van der Waals surface area contributed by atoms with Gasteiger partial charge < -0.3 is 9.47 Å². The van der Waals surface area contributed by atoms with Crippen molar-refractivity contribution in [2.24, 2.45) is 0 Å². The van der Waals surface area contributed by atoms with E-state index >= 15 is 0 Å². The summed E-state index contributed by atoms with van der Waals surface area (Å²) in [6, 6.07) is 3.68. The lowest BCUT2D eigenvalue weighted by molar-refractivity contribution is -0.152. The minimum absolute atomic E-state index is 0.208. The van der Waals surface area contributed by atoms with Crippen molar-refractivity contribution < 1.29 is 23.0 Å². The first-order chi connectivity index (χ1) is 9.96. The molecule has 21 heavy (non-hydrogen) atoms. The van der Waals surface area contributed by atoms with E-state index in [1.165, 1.54) is 6.07 Å². The van der Waals surface area contributed by atoms with Gasteiger partial charge in [0.05, 0.1) is 6.61 Å². The van der Waals surface area contributed by atoms with Crippen LogP contribution >= 0.6 is 0 Å². The van der Waals surface area contributed by atoms with Gasteiger partial charge in [0.1, 0.15) is 12.1 Å². The summed E-state index contributed by atoms with van der Waals surface area (Å²) >= 11 is 0. The van der Waals surface area contributed by atoms with Crippen LogP contribution in [0.3, 0.4) is 0 Å². The fourth-order valence-corrected chi connectivity index (χ4v) is 1.97. The van der Waals surface area contributed by atoms with Gasteiger partial charge >= 0.3 is 5.97 Å². The Bertz CT molecular complexity index is 499. The number of carbonyl (C=O) groups excluding carboxylic acids is 1. The molecule has 2 rings (SSSR count). The van der Waals surface area contributed by atoms with E-state index in [9.17, 15) is 13.6 Å². The fourth-order valence-electron chi connectivity index (χ4n) is 1.97. The smallest absolute Gasteiger partial charge is 0.329 e. The molecule has 1 aromatic carbocycles. The second-order valence-electron chi connectivity index (χ2n) is 5.31. The van der Waals surface area contributed by atoms with Crippen LogP contribution in [0.4, 0.5) is 8.78 Å². The van der Waals surface area contributed by atoms with E-state index in [2.05, 4.69) is 5.32 Å². The van der Waals surface area contributed by atoms with Gasteiger partial charge in [-0.15, -0.1) is 0 Å². The zero-order chi connectivity index (χ0) is 15.5. The van der Waals surface area contributed by atoms with Crippen LogP contribution in [0, 0.1) is 11.6 Å². The number of carbonyl (C=O) groups is 1. The molecule has 1 N–H and O–H groups in total. The minimum atomic E-state index is -1.13. The van der Waals surface area contributed by atoms with E-state index in [1.54, 1.807) is 13.8 Å². The van der Waals surface area contributed by atoms with Crippen LogP contribution < -0.4 is 10.1 Å². The van der Waals surface area contributed by atoms with Crippen molar-refractivity contribution in [3.8, 4) is 5.75 Å². The molecular weight excluding hydrogens is 280 g/mol. The van der Waals surface area contributed by atoms with Gasteiger partial charge in [0.25, 0.3) is 0 Å². The van der Waals surface area contributed by atoms with Crippen LogP contribution in [0.2, 0.25) is 0 Å². The molecule has 116 valence electrons. The number of nitrogens with one attached hydrogen (secondary N) is 1. The van der Waals surface area contributed by atoms with Gasteiger partial charge in [-0.2, -0.15) is 0 Å². The highest BCUT2D eigenvalue weighted by Gasteiger charge is 2.41.